The largest absolute Gasteiger partial charge is 0.497 e. The number of hydrogen-bond acceptors (Lipinski definition) is 4. The zero-order valence-electron chi connectivity index (χ0n) is 22.8. The van der Waals surface area contributed by atoms with Gasteiger partial charge in [-0.3, -0.25) is 0 Å². The van der Waals surface area contributed by atoms with E-state index in [4.69, 9.17) is 18.9 Å². The molecule has 1 rings (SSSR count). The van der Waals surface area contributed by atoms with Gasteiger partial charge in [0.25, 0.3) is 5.97 Å². The molecule has 4 heteroatoms. The highest BCUT2D eigenvalue weighted by Crippen LogP contribution is 2.42. The molecular weight excluding hydrogens is 412 g/mol. The van der Waals surface area contributed by atoms with Gasteiger partial charge in [0, 0.05) is 0 Å². The van der Waals surface area contributed by atoms with Crippen molar-refractivity contribution in [2.24, 2.45) is 0 Å². The molecule has 0 bridgehead atoms. The topological polar surface area (TPSA) is 36.9 Å². The Balaban J connectivity index is 3.37. The van der Waals surface area contributed by atoms with E-state index in [-0.39, 0.29) is 24.2 Å². The maximum atomic E-state index is 6.73. The van der Waals surface area contributed by atoms with Crippen molar-refractivity contribution in [3.05, 3.63) is 29.8 Å². The van der Waals surface area contributed by atoms with Crippen LogP contribution < -0.4 is 4.74 Å². The van der Waals surface area contributed by atoms with E-state index >= 15 is 0 Å². The standard InChI is InChI=1S/C29H52O4/c1-9-13-14-15-16-17-18-28(26-19-21-27(30-8)22-20-26)29(31-23(5)10-2,32-24(6)11-3)33-25(7)12-4/h19-25,28H,9-18H2,1-8H3. The van der Waals surface area contributed by atoms with Gasteiger partial charge in [-0.1, -0.05) is 78.4 Å². The summed E-state index contributed by atoms with van der Waals surface area (Å²) in [5.41, 5.74) is 1.18. The van der Waals surface area contributed by atoms with Crippen LogP contribution in [0.1, 0.15) is 124 Å². The lowest BCUT2D eigenvalue weighted by atomic mass is 9.89. The van der Waals surface area contributed by atoms with Crippen LogP contribution in [0.5, 0.6) is 5.75 Å². The van der Waals surface area contributed by atoms with Crippen molar-refractivity contribution in [2.45, 2.75) is 143 Å². The number of hydrogen-bond donors (Lipinski definition) is 0. The quantitative estimate of drug-likeness (QED) is 0.152. The Bertz CT molecular complexity index is 569. The third-order valence-electron chi connectivity index (χ3n) is 6.61. The molecule has 1 aromatic rings. The van der Waals surface area contributed by atoms with Gasteiger partial charge < -0.3 is 18.9 Å². The molecule has 0 spiro atoms. The molecule has 0 radical (unpaired) electrons. The first kappa shape index (κ1) is 29.9. The lowest BCUT2D eigenvalue weighted by Crippen LogP contribution is -2.50. The van der Waals surface area contributed by atoms with Crippen molar-refractivity contribution in [1.29, 1.82) is 0 Å². The maximum absolute atomic E-state index is 6.73. The molecule has 4 unspecified atom stereocenters. The monoisotopic (exact) mass is 464 g/mol. The predicted molar refractivity (Wildman–Crippen MR) is 139 cm³/mol. The van der Waals surface area contributed by atoms with Crippen LogP contribution in [0.15, 0.2) is 24.3 Å². The third kappa shape index (κ3) is 10.4. The Morgan fingerprint density at radius 1 is 0.667 bits per heavy atom. The summed E-state index contributed by atoms with van der Waals surface area (Å²) in [6.45, 7) is 15.1. The molecule has 4 nitrogen and oxygen atoms in total. The Morgan fingerprint density at radius 2 is 1.12 bits per heavy atom. The molecule has 0 N–H and O–H groups in total. The van der Waals surface area contributed by atoms with Gasteiger partial charge in [0.15, 0.2) is 0 Å². The number of unbranched alkanes of at least 4 members (excludes halogenated alkanes) is 5. The van der Waals surface area contributed by atoms with E-state index in [0.29, 0.717) is 0 Å². The molecule has 1 aromatic carbocycles. The Kier molecular flexibility index (Phi) is 15.0. The smallest absolute Gasteiger partial charge is 0.290 e. The van der Waals surface area contributed by atoms with Crippen molar-refractivity contribution < 1.29 is 18.9 Å². The van der Waals surface area contributed by atoms with E-state index in [1.54, 1.807) is 7.11 Å². The van der Waals surface area contributed by atoms with Crippen molar-refractivity contribution in [2.75, 3.05) is 7.11 Å². The van der Waals surface area contributed by atoms with Gasteiger partial charge in [0.05, 0.1) is 31.3 Å². The lowest BCUT2D eigenvalue weighted by Gasteiger charge is -2.44. The van der Waals surface area contributed by atoms with Crippen molar-refractivity contribution >= 4 is 0 Å². The fraction of sp³-hybridized carbons (Fsp3) is 0.793. The summed E-state index contributed by atoms with van der Waals surface area (Å²) in [7, 11) is 1.71. The first-order chi connectivity index (χ1) is 15.8. The van der Waals surface area contributed by atoms with Crippen LogP contribution in [0.2, 0.25) is 0 Å². The van der Waals surface area contributed by atoms with Gasteiger partial charge in [-0.15, -0.1) is 0 Å². The minimum atomic E-state index is -1.11. The van der Waals surface area contributed by atoms with Gasteiger partial charge >= 0.3 is 0 Å². The summed E-state index contributed by atoms with van der Waals surface area (Å²) in [5.74, 6) is -0.277. The van der Waals surface area contributed by atoms with Crippen LogP contribution in [-0.4, -0.2) is 31.4 Å². The van der Waals surface area contributed by atoms with Crippen molar-refractivity contribution in [3.8, 4) is 5.75 Å². The van der Waals surface area contributed by atoms with Gasteiger partial charge in [0.2, 0.25) is 0 Å². The highest BCUT2D eigenvalue weighted by atomic mass is 16.9. The maximum Gasteiger partial charge on any atom is 0.290 e. The molecule has 192 valence electrons. The molecule has 0 aliphatic rings. The van der Waals surface area contributed by atoms with Crippen molar-refractivity contribution in [1.82, 2.24) is 0 Å². The minimum Gasteiger partial charge on any atom is -0.497 e. The molecule has 4 atom stereocenters. The fourth-order valence-corrected chi connectivity index (χ4v) is 3.93. The van der Waals surface area contributed by atoms with Crippen LogP contribution in [0, 0.1) is 0 Å². The first-order valence-electron chi connectivity index (χ1n) is 13.5. The molecule has 0 aliphatic heterocycles. The zero-order valence-corrected chi connectivity index (χ0v) is 22.8. The van der Waals surface area contributed by atoms with E-state index in [2.05, 4.69) is 60.6 Å². The van der Waals surface area contributed by atoms with E-state index in [1.807, 2.05) is 12.1 Å². The molecule has 0 saturated heterocycles. The molecule has 33 heavy (non-hydrogen) atoms. The highest BCUT2D eigenvalue weighted by molar-refractivity contribution is 5.30. The second kappa shape index (κ2) is 16.5. The zero-order chi connectivity index (χ0) is 24.7. The summed E-state index contributed by atoms with van der Waals surface area (Å²) in [6.07, 6.45) is 11.3. The lowest BCUT2D eigenvalue weighted by molar-refractivity contribution is -0.424. The summed E-state index contributed by atoms with van der Waals surface area (Å²) in [4.78, 5) is 0. The summed E-state index contributed by atoms with van der Waals surface area (Å²) >= 11 is 0. The molecule has 0 fully saturated rings. The summed E-state index contributed by atoms with van der Waals surface area (Å²) in [6, 6.07) is 8.36. The van der Waals surface area contributed by atoms with E-state index < -0.39 is 5.97 Å². The van der Waals surface area contributed by atoms with Crippen LogP contribution >= 0.6 is 0 Å². The van der Waals surface area contributed by atoms with Crippen LogP contribution in [0.4, 0.5) is 0 Å². The van der Waals surface area contributed by atoms with Crippen molar-refractivity contribution in [3.63, 3.8) is 0 Å². The number of methoxy groups -OCH3 is 1. The number of ether oxygens (including phenoxy) is 4. The van der Waals surface area contributed by atoms with Gasteiger partial charge in [0.1, 0.15) is 5.75 Å². The SMILES string of the molecule is CCCCCCCCC(c1ccc(OC)cc1)C(OC(C)CC)(OC(C)CC)OC(C)CC. The Labute approximate surface area is 204 Å². The summed E-state index contributed by atoms with van der Waals surface area (Å²) in [5, 5.41) is 0. The Hall–Kier alpha value is -1.10. The average Bonchev–Trinajstić information content (AvgIpc) is 2.83. The van der Waals surface area contributed by atoms with Gasteiger partial charge in [-0.2, -0.15) is 0 Å². The van der Waals surface area contributed by atoms with Crippen LogP contribution in [0.3, 0.4) is 0 Å². The third-order valence-corrected chi connectivity index (χ3v) is 6.61. The normalized spacial score (nSPS) is 17.2. The van der Waals surface area contributed by atoms with E-state index in [1.165, 1.54) is 37.7 Å². The predicted octanol–water partition coefficient (Wildman–Crippen LogP) is 8.63. The van der Waals surface area contributed by atoms with E-state index in [9.17, 15) is 0 Å². The average molecular weight is 465 g/mol. The van der Waals surface area contributed by atoms with Crippen LogP contribution in [-0.2, 0) is 14.2 Å². The molecule has 0 aliphatic carbocycles. The minimum absolute atomic E-state index is 0.0217. The molecule has 0 heterocycles. The molecule has 0 amide bonds. The number of benzene rings is 1. The molecule has 0 saturated carbocycles. The highest BCUT2D eigenvalue weighted by Gasteiger charge is 2.46. The van der Waals surface area contributed by atoms with Gasteiger partial charge in [-0.05, 0) is 64.2 Å². The number of rotatable bonds is 19. The second-order valence-electron chi connectivity index (χ2n) is 9.50. The first-order valence-corrected chi connectivity index (χ1v) is 13.5. The second-order valence-corrected chi connectivity index (χ2v) is 9.50. The van der Waals surface area contributed by atoms with Gasteiger partial charge in [-0.25, -0.2) is 0 Å². The Morgan fingerprint density at radius 3 is 1.55 bits per heavy atom. The van der Waals surface area contributed by atoms with E-state index in [0.717, 1.165) is 37.9 Å². The summed E-state index contributed by atoms with van der Waals surface area (Å²) < 4.78 is 25.6. The molecular formula is C29H52O4. The fourth-order valence-electron chi connectivity index (χ4n) is 3.93. The molecule has 0 aromatic heterocycles. The van der Waals surface area contributed by atoms with Crippen LogP contribution in [0.25, 0.3) is 0 Å².